The lowest BCUT2D eigenvalue weighted by molar-refractivity contribution is -0.126. The molecule has 1 aromatic heterocycles. The van der Waals surface area contributed by atoms with E-state index in [0.717, 1.165) is 17.0 Å². The monoisotopic (exact) mass is 381 g/mol. The molecule has 0 radical (unpaired) electrons. The Morgan fingerprint density at radius 3 is 3.00 bits per heavy atom. The number of fused-ring (bicyclic) bond motifs is 2. The van der Waals surface area contributed by atoms with Crippen molar-refractivity contribution in [2.24, 2.45) is 5.92 Å². The number of pyridine rings is 1. The average molecular weight is 381 g/mol. The summed E-state index contributed by atoms with van der Waals surface area (Å²) in [7, 11) is 1.54. The Kier molecular flexibility index (Phi) is 4.90. The van der Waals surface area contributed by atoms with Crippen molar-refractivity contribution in [1.29, 1.82) is 0 Å². The minimum Gasteiger partial charge on any atom is -0.492 e. The number of hydrogen-bond donors (Lipinski definition) is 1. The fraction of sp³-hybridized carbons (Fsp3) is 0.381. The Morgan fingerprint density at radius 1 is 1.39 bits per heavy atom. The molecule has 2 aliphatic heterocycles. The SMILES string of the molecule is CCN1Cc2nc(OC)c(CNC(=O)C3COc4ccccc4C3)cc2C1=O. The normalized spacial score (nSPS) is 17.6. The van der Waals surface area contributed by atoms with Gasteiger partial charge in [-0.3, -0.25) is 9.59 Å². The fourth-order valence-corrected chi connectivity index (χ4v) is 3.68. The smallest absolute Gasteiger partial charge is 0.256 e. The molecule has 1 unspecified atom stereocenters. The minimum absolute atomic E-state index is 0.0301. The van der Waals surface area contributed by atoms with Crippen molar-refractivity contribution in [2.75, 3.05) is 20.3 Å². The van der Waals surface area contributed by atoms with Gasteiger partial charge in [0.15, 0.2) is 0 Å². The van der Waals surface area contributed by atoms with Gasteiger partial charge in [0.1, 0.15) is 12.4 Å². The van der Waals surface area contributed by atoms with Crippen molar-refractivity contribution in [3.05, 3.63) is 52.7 Å². The summed E-state index contributed by atoms with van der Waals surface area (Å²) in [6.45, 7) is 3.66. The minimum atomic E-state index is -0.250. The zero-order valence-corrected chi connectivity index (χ0v) is 16.0. The van der Waals surface area contributed by atoms with Gasteiger partial charge in [0, 0.05) is 18.7 Å². The number of ether oxygens (including phenoxy) is 2. The third kappa shape index (κ3) is 3.28. The zero-order valence-electron chi connectivity index (χ0n) is 16.0. The van der Waals surface area contributed by atoms with Gasteiger partial charge in [0.2, 0.25) is 11.8 Å². The summed E-state index contributed by atoms with van der Waals surface area (Å²) in [5.74, 6) is 0.918. The highest BCUT2D eigenvalue weighted by Gasteiger charge is 2.30. The Bertz CT molecular complexity index is 928. The molecule has 28 heavy (non-hydrogen) atoms. The number of aromatic nitrogens is 1. The maximum absolute atomic E-state index is 12.6. The summed E-state index contributed by atoms with van der Waals surface area (Å²) < 4.78 is 11.1. The predicted octanol–water partition coefficient (Wildman–Crippen LogP) is 1.93. The van der Waals surface area contributed by atoms with Gasteiger partial charge >= 0.3 is 0 Å². The maximum Gasteiger partial charge on any atom is 0.256 e. The van der Waals surface area contributed by atoms with Crippen LogP contribution in [-0.4, -0.2) is 42.0 Å². The molecule has 146 valence electrons. The number of para-hydroxylation sites is 1. The molecule has 1 atom stereocenters. The number of methoxy groups -OCH3 is 1. The van der Waals surface area contributed by atoms with Crippen LogP contribution in [0.5, 0.6) is 11.6 Å². The number of nitrogens with zero attached hydrogens (tertiary/aromatic N) is 2. The summed E-state index contributed by atoms with van der Waals surface area (Å²) in [5.41, 5.74) is 3.03. The largest absolute Gasteiger partial charge is 0.492 e. The first-order chi connectivity index (χ1) is 13.6. The van der Waals surface area contributed by atoms with E-state index in [1.54, 1.807) is 18.1 Å². The van der Waals surface area contributed by atoms with Crippen molar-refractivity contribution in [3.63, 3.8) is 0 Å². The molecular weight excluding hydrogens is 358 g/mol. The lowest BCUT2D eigenvalue weighted by atomic mass is 9.96. The molecule has 0 bridgehead atoms. The third-order valence-corrected chi connectivity index (χ3v) is 5.28. The summed E-state index contributed by atoms with van der Waals surface area (Å²) in [6.07, 6.45) is 0.644. The van der Waals surface area contributed by atoms with E-state index in [0.29, 0.717) is 43.1 Å². The van der Waals surface area contributed by atoms with Gasteiger partial charge in [-0.25, -0.2) is 4.98 Å². The van der Waals surface area contributed by atoms with Gasteiger partial charge in [-0.05, 0) is 31.0 Å². The molecule has 1 aromatic carbocycles. The van der Waals surface area contributed by atoms with E-state index >= 15 is 0 Å². The Morgan fingerprint density at radius 2 is 2.21 bits per heavy atom. The molecule has 0 saturated heterocycles. The van der Waals surface area contributed by atoms with Crippen molar-refractivity contribution >= 4 is 11.8 Å². The molecule has 2 aromatic rings. The van der Waals surface area contributed by atoms with E-state index in [4.69, 9.17) is 9.47 Å². The van der Waals surface area contributed by atoms with Crippen LogP contribution in [-0.2, 0) is 24.3 Å². The molecule has 2 aliphatic rings. The van der Waals surface area contributed by atoms with E-state index < -0.39 is 0 Å². The van der Waals surface area contributed by atoms with Crippen LogP contribution in [0.2, 0.25) is 0 Å². The number of nitrogens with one attached hydrogen (secondary N) is 1. The van der Waals surface area contributed by atoms with E-state index in [2.05, 4.69) is 10.3 Å². The number of rotatable bonds is 5. The van der Waals surface area contributed by atoms with E-state index in [1.807, 2.05) is 31.2 Å². The first-order valence-corrected chi connectivity index (χ1v) is 9.45. The van der Waals surface area contributed by atoms with E-state index in [-0.39, 0.29) is 24.3 Å². The molecular formula is C21H23N3O4. The third-order valence-electron chi connectivity index (χ3n) is 5.28. The number of benzene rings is 1. The van der Waals surface area contributed by atoms with Crippen LogP contribution in [0.15, 0.2) is 30.3 Å². The summed E-state index contributed by atoms with van der Waals surface area (Å²) in [6, 6.07) is 9.55. The van der Waals surface area contributed by atoms with Crippen molar-refractivity contribution in [3.8, 4) is 11.6 Å². The second kappa shape index (κ2) is 7.50. The van der Waals surface area contributed by atoms with Gasteiger partial charge in [0.05, 0.1) is 30.8 Å². The maximum atomic E-state index is 12.6. The number of hydrogen-bond acceptors (Lipinski definition) is 5. The molecule has 2 amide bonds. The fourth-order valence-electron chi connectivity index (χ4n) is 3.68. The van der Waals surface area contributed by atoms with Crippen LogP contribution in [0.3, 0.4) is 0 Å². The summed E-state index contributed by atoms with van der Waals surface area (Å²) >= 11 is 0. The van der Waals surface area contributed by atoms with Crippen LogP contribution in [0, 0.1) is 5.92 Å². The molecule has 3 heterocycles. The van der Waals surface area contributed by atoms with Crippen LogP contribution in [0.1, 0.15) is 34.1 Å². The summed E-state index contributed by atoms with van der Waals surface area (Å²) in [4.78, 5) is 31.3. The van der Waals surface area contributed by atoms with Crippen LogP contribution >= 0.6 is 0 Å². The van der Waals surface area contributed by atoms with E-state index in [1.165, 1.54) is 0 Å². The highest BCUT2D eigenvalue weighted by molar-refractivity contribution is 5.98. The molecule has 7 heteroatoms. The van der Waals surface area contributed by atoms with Crippen LogP contribution < -0.4 is 14.8 Å². The van der Waals surface area contributed by atoms with Crippen molar-refractivity contribution in [1.82, 2.24) is 15.2 Å². The predicted molar refractivity (Wildman–Crippen MR) is 102 cm³/mol. The topological polar surface area (TPSA) is 80.8 Å². The van der Waals surface area contributed by atoms with Crippen molar-refractivity contribution in [2.45, 2.75) is 26.4 Å². The average Bonchev–Trinajstić information content (AvgIpc) is 3.05. The van der Waals surface area contributed by atoms with Gasteiger partial charge in [-0.15, -0.1) is 0 Å². The van der Waals surface area contributed by atoms with Crippen molar-refractivity contribution < 1.29 is 19.1 Å². The lowest BCUT2D eigenvalue weighted by Crippen LogP contribution is -2.37. The van der Waals surface area contributed by atoms with E-state index in [9.17, 15) is 9.59 Å². The Balaban J connectivity index is 1.46. The molecule has 0 saturated carbocycles. The Labute approximate surface area is 163 Å². The first kappa shape index (κ1) is 18.3. The van der Waals surface area contributed by atoms with Crippen LogP contribution in [0.4, 0.5) is 0 Å². The van der Waals surface area contributed by atoms with Gasteiger partial charge in [-0.2, -0.15) is 0 Å². The van der Waals surface area contributed by atoms with Crippen LogP contribution in [0.25, 0.3) is 0 Å². The Hall–Kier alpha value is -3.09. The molecule has 7 nitrogen and oxygen atoms in total. The second-order valence-corrected chi connectivity index (χ2v) is 7.01. The molecule has 0 fully saturated rings. The number of carbonyl (C=O) groups is 2. The standard InChI is InChI=1S/C21H23N3O4/c1-3-24-11-17-16(21(24)26)9-14(20(23-17)27-2)10-22-19(25)15-8-13-6-4-5-7-18(13)28-12-15/h4-7,9,15H,3,8,10-12H2,1-2H3,(H,22,25). The number of amides is 2. The highest BCUT2D eigenvalue weighted by Crippen LogP contribution is 2.28. The zero-order chi connectivity index (χ0) is 19.7. The molecule has 1 N–H and O–H groups in total. The molecule has 4 rings (SSSR count). The summed E-state index contributed by atoms with van der Waals surface area (Å²) in [5, 5.41) is 2.94. The highest BCUT2D eigenvalue weighted by atomic mass is 16.5. The molecule has 0 aliphatic carbocycles. The van der Waals surface area contributed by atoms with Gasteiger partial charge in [0.25, 0.3) is 5.91 Å². The first-order valence-electron chi connectivity index (χ1n) is 9.45. The number of carbonyl (C=O) groups excluding carboxylic acids is 2. The van der Waals surface area contributed by atoms with Gasteiger partial charge < -0.3 is 19.7 Å². The lowest BCUT2D eigenvalue weighted by Gasteiger charge is -2.24. The molecule has 0 spiro atoms. The second-order valence-electron chi connectivity index (χ2n) is 7.01. The van der Waals surface area contributed by atoms with Gasteiger partial charge in [-0.1, -0.05) is 18.2 Å². The quantitative estimate of drug-likeness (QED) is 0.856.